The van der Waals surface area contributed by atoms with Crippen LogP contribution in [-0.2, 0) is 9.53 Å². The second kappa shape index (κ2) is 7.08. The summed E-state index contributed by atoms with van der Waals surface area (Å²) in [5.74, 6) is 0.247. The molecular formula is C18H32N2O3. The number of aliphatic hydroxyl groups is 1. The van der Waals surface area contributed by atoms with Gasteiger partial charge < -0.3 is 20.5 Å². The van der Waals surface area contributed by atoms with Gasteiger partial charge in [0.15, 0.2) is 0 Å². The van der Waals surface area contributed by atoms with Crippen molar-refractivity contribution in [2.45, 2.75) is 76.5 Å². The third kappa shape index (κ3) is 3.15. The van der Waals surface area contributed by atoms with Crippen molar-refractivity contribution in [3.8, 4) is 0 Å². The van der Waals surface area contributed by atoms with Crippen molar-refractivity contribution in [1.29, 1.82) is 0 Å². The lowest BCUT2D eigenvalue weighted by Gasteiger charge is -2.56. The number of hydrogen-bond acceptors (Lipinski definition) is 4. The second-order valence-corrected chi connectivity index (χ2v) is 7.66. The number of rotatable bonds is 3. The Morgan fingerprint density at radius 3 is 2.61 bits per heavy atom. The summed E-state index contributed by atoms with van der Waals surface area (Å²) in [4.78, 5) is 14.9. The highest BCUT2D eigenvalue weighted by Gasteiger charge is 2.56. The molecule has 0 radical (unpaired) electrons. The first-order valence-electron chi connectivity index (χ1n) is 9.42. The number of carbonyl (C=O) groups is 1. The van der Waals surface area contributed by atoms with Gasteiger partial charge in [-0.3, -0.25) is 4.79 Å². The molecule has 3 rings (SSSR count). The quantitative estimate of drug-likeness (QED) is 0.774. The normalized spacial score (nSPS) is 37.3. The summed E-state index contributed by atoms with van der Waals surface area (Å²) >= 11 is 0. The molecule has 1 spiro atoms. The zero-order valence-corrected chi connectivity index (χ0v) is 14.4. The van der Waals surface area contributed by atoms with Crippen molar-refractivity contribution in [1.82, 2.24) is 4.90 Å². The van der Waals surface area contributed by atoms with Gasteiger partial charge in [0, 0.05) is 37.6 Å². The average Bonchev–Trinajstić information content (AvgIpc) is 2.78. The molecule has 4 atom stereocenters. The Bertz CT molecular complexity index is 418. The van der Waals surface area contributed by atoms with Gasteiger partial charge >= 0.3 is 0 Å². The third-order valence-electron chi connectivity index (χ3n) is 6.50. The van der Waals surface area contributed by atoms with Crippen molar-refractivity contribution < 1.29 is 14.6 Å². The minimum absolute atomic E-state index is 0.000512. The summed E-state index contributed by atoms with van der Waals surface area (Å²) in [6.07, 6.45) is 7.72. The van der Waals surface area contributed by atoms with Crippen LogP contribution in [0.3, 0.4) is 0 Å². The lowest BCUT2D eigenvalue weighted by atomic mass is 9.58. The molecule has 0 aromatic heterocycles. The number of amides is 1. The minimum atomic E-state index is -0.267. The lowest BCUT2D eigenvalue weighted by molar-refractivity contribution is -0.210. The first-order valence-corrected chi connectivity index (χ1v) is 9.42. The van der Waals surface area contributed by atoms with E-state index in [4.69, 9.17) is 10.5 Å². The van der Waals surface area contributed by atoms with E-state index in [-0.39, 0.29) is 35.5 Å². The van der Waals surface area contributed by atoms with Gasteiger partial charge in [-0.15, -0.1) is 0 Å². The number of carbonyl (C=O) groups excluding carboxylic acids is 1. The van der Waals surface area contributed by atoms with E-state index in [2.05, 4.69) is 0 Å². The molecule has 1 heterocycles. The summed E-state index contributed by atoms with van der Waals surface area (Å²) in [6.45, 7) is 4.18. The Morgan fingerprint density at radius 2 is 1.96 bits per heavy atom. The minimum Gasteiger partial charge on any atom is -0.392 e. The summed E-state index contributed by atoms with van der Waals surface area (Å²) in [6, 6.07) is 0.0198. The second-order valence-electron chi connectivity index (χ2n) is 7.66. The largest absolute Gasteiger partial charge is 0.392 e. The highest BCUT2D eigenvalue weighted by molar-refractivity contribution is 5.79. The number of nitrogens with zero attached hydrogens (tertiary/aromatic N) is 1. The van der Waals surface area contributed by atoms with Gasteiger partial charge in [-0.05, 0) is 32.6 Å². The fraction of sp³-hybridized carbons (Fsp3) is 0.944. The van der Waals surface area contributed by atoms with Crippen molar-refractivity contribution >= 4 is 5.91 Å². The standard InChI is InChI=1S/C18H32N2O3/c1-2-23-16-12-15(21)18(16)8-10-20(11-9-18)17(22)13-6-4-3-5-7-14(13)19/h13-16,21H,2-12,19H2,1H3. The molecule has 1 aliphatic heterocycles. The number of nitrogens with two attached hydrogens (primary N) is 1. The molecule has 3 fully saturated rings. The van der Waals surface area contributed by atoms with Gasteiger partial charge in [0.2, 0.25) is 5.91 Å². The molecule has 0 bridgehead atoms. The van der Waals surface area contributed by atoms with E-state index in [1.807, 2.05) is 11.8 Å². The summed E-state index contributed by atoms with van der Waals surface area (Å²) in [5.41, 5.74) is 6.14. The highest BCUT2D eigenvalue weighted by atomic mass is 16.5. The van der Waals surface area contributed by atoms with E-state index in [0.717, 1.165) is 58.0 Å². The molecule has 0 aromatic rings. The molecule has 0 aromatic carbocycles. The number of aliphatic hydroxyl groups excluding tert-OH is 1. The monoisotopic (exact) mass is 324 g/mol. The average molecular weight is 324 g/mol. The van der Waals surface area contributed by atoms with E-state index >= 15 is 0 Å². The van der Waals surface area contributed by atoms with Gasteiger partial charge in [0.05, 0.1) is 18.1 Å². The Morgan fingerprint density at radius 1 is 1.26 bits per heavy atom. The maximum absolute atomic E-state index is 12.9. The fourth-order valence-electron chi connectivity index (χ4n) is 4.84. The molecule has 1 saturated heterocycles. The zero-order valence-electron chi connectivity index (χ0n) is 14.4. The molecule has 5 nitrogen and oxygen atoms in total. The van der Waals surface area contributed by atoms with Crippen LogP contribution in [0.15, 0.2) is 0 Å². The molecule has 132 valence electrons. The van der Waals surface area contributed by atoms with Gasteiger partial charge in [-0.25, -0.2) is 0 Å². The Kier molecular flexibility index (Phi) is 5.29. The van der Waals surface area contributed by atoms with Crippen molar-refractivity contribution in [2.75, 3.05) is 19.7 Å². The van der Waals surface area contributed by atoms with Crippen LogP contribution in [-0.4, -0.2) is 53.9 Å². The summed E-state index contributed by atoms with van der Waals surface area (Å²) < 4.78 is 5.80. The van der Waals surface area contributed by atoms with Gasteiger partial charge in [-0.1, -0.05) is 19.3 Å². The molecule has 23 heavy (non-hydrogen) atoms. The van der Waals surface area contributed by atoms with Crippen LogP contribution >= 0.6 is 0 Å². The van der Waals surface area contributed by atoms with Crippen LogP contribution in [0.4, 0.5) is 0 Å². The molecule has 1 amide bonds. The Balaban J connectivity index is 1.59. The number of likely N-dealkylation sites (tertiary alicyclic amines) is 1. The first-order chi connectivity index (χ1) is 11.1. The van der Waals surface area contributed by atoms with Crippen molar-refractivity contribution in [2.24, 2.45) is 17.1 Å². The molecule has 4 unspecified atom stereocenters. The molecule has 2 aliphatic carbocycles. The topological polar surface area (TPSA) is 75.8 Å². The predicted octanol–water partition coefficient (Wildman–Crippen LogP) is 1.67. The van der Waals surface area contributed by atoms with Crippen LogP contribution < -0.4 is 5.73 Å². The van der Waals surface area contributed by atoms with Crippen LogP contribution in [0.25, 0.3) is 0 Å². The van der Waals surface area contributed by atoms with E-state index in [1.54, 1.807) is 0 Å². The van der Waals surface area contributed by atoms with E-state index in [1.165, 1.54) is 6.42 Å². The van der Waals surface area contributed by atoms with Crippen molar-refractivity contribution in [3.63, 3.8) is 0 Å². The highest BCUT2D eigenvalue weighted by Crippen LogP contribution is 2.51. The maximum Gasteiger partial charge on any atom is 0.227 e. The Labute approximate surface area is 139 Å². The third-order valence-corrected chi connectivity index (χ3v) is 6.50. The van der Waals surface area contributed by atoms with Crippen molar-refractivity contribution in [3.05, 3.63) is 0 Å². The van der Waals surface area contributed by atoms with E-state index < -0.39 is 0 Å². The first kappa shape index (κ1) is 17.2. The van der Waals surface area contributed by atoms with Gasteiger partial charge in [-0.2, -0.15) is 0 Å². The summed E-state index contributed by atoms with van der Waals surface area (Å²) in [5, 5.41) is 10.3. The van der Waals surface area contributed by atoms with Crippen LogP contribution in [0.2, 0.25) is 0 Å². The number of piperidine rings is 1. The smallest absolute Gasteiger partial charge is 0.227 e. The van der Waals surface area contributed by atoms with Crippen LogP contribution in [0, 0.1) is 11.3 Å². The fourth-order valence-corrected chi connectivity index (χ4v) is 4.84. The van der Waals surface area contributed by atoms with E-state index in [9.17, 15) is 9.90 Å². The van der Waals surface area contributed by atoms with Gasteiger partial charge in [0.25, 0.3) is 0 Å². The molecule has 5 heteroatoms. The maximum atomic E-state index is 12.9. The lowest BCUT2D eigenvalue weighted by Crippen LogP contribution is -2.63. The molecule has 3 aliphatic rings. The van der Waals surface area contributed by atoms with E-state index in [0.29, 0.717) is 6.61 Å². The van der Waals surface area contributed by atoms with Crippen LogP contribution in [0.5, 0.6) is 0 Å². The molecular weight excluding hydrogens is 292 g/mol. The summed E-state index contributed by atoms with van der Waals surface area (Å²) in [7, 11) is 0. The molecule has 2 saturated carbocycles. The number of ether oxygens (including phenoxy) is 1. The zero-order chi connectivity index (χ0) is 16.4. The Hall–Kier alpha value is -0.650. The molecule has 3 N–H and O–H groups in total. The number of hydrogen-bond donors (Lipinski definition) is 2. The van der Waals surface area contributed by atoms with Crippen LogP contribution in [0.1, 0.15) is 58.3 Å². The predicted molar refractivity (Wildman–Crippen MR) is 88.8 cm³/mol. The van der Waals surface area contributed by atoms with Gasteiger partial charge in [0.1, 0.15) is 0 Å². The SMILES string of the molecule is CCOC1CC(O)C12CCN(C(=O)C1CCCCCC1N)CC2.